The summed E-state index contributed by atoms with van der Waals surface area (Å²) in [4.78, 5) is 0. The molecule has 0 aliphatic heterocycles. The number of para-hydroxylation sites is 1. The molecule has 0 radical (unpaired) electrons. The van der Waals surface area contributed by atoms with Crippen molar-refractivity contribution >= 4 is 11.6 Å². The average molecular weight is 233 g/mol. The second-order valence-electron chi connectivity index (χ2n) is 3.53. The molecule has 2 aromatic carbocycles. The lowest BCUT2D eigenvalue weighted by atomic mass is 10.2. The van der Waals surface area contributed by atoms with E-state index in [-0.39, 0.29) is 0 Å². The van der Waals surface area contributed by atoms with Crippen molar-refractivity contribution in [3.8, 4) is 11.5 Å². The Bertz CT molecular complexity index is 480. The highest BCUT2D eigenvalue weighted by Crippen LogP contribution is 2.29. The lowest BCUT2D eigenvalue weighted by Crippen LogP contribution is -1.86. The number of hydrogen-bond donors (Lipinski definition) is 0. The predicted octanol–water partition coefficient (Wildman–Crippen LogP) is 4.69. The number of aryl methyl sites for hydroxylation is 1. The van der Waals surface area contributed by atoms with Crippen molar-refractivity contribution in [2.45, 2.75) is 13.3 Å². The van der Waals surface area contributed by atoms with Gasteiger partial charge in [-0.05, 0) is 36.2 Å². The Hall–Kier alpha value is -1.47. The molecular weight excluding hydrogens is 220 g/mol. The molecule has 0 aliphatic rings. The molecule has 0 atom stereocenters. The molecule has 0 bridgehead atoms. The van der Waals surface area contributed by atoms with E-state index >= 15 is 0 Å². The van der Waals surface area contributed by atoms with Crippen LogP contribution in [0, 0.1) is 0 Å². The Kier molecular flexibility index (Phi) is 3.47. The lowest BCUT2D eigenvalue weighted by molar-refractivity contribution is 0.482. The van der Waals surface area contributed by atoms with Gasteiger partial charge in [-0.25, -0.2) is 0 Å². The van der Waals surface area contributed by atoms with Crippen LogP contribution in [0.5, 0.6) is 11.5 Å². The summed E-state index contributed by atoms with van der Waals surface area (Å²) >= 11 is 6.02. The van der Waals surface area contributed by atoms with Gasteiger partial charge in [-0.1, -0.05) is 42.8 Å². The molecular formula is C14H13ClO. The minimum Gasteiger partial charge on any atom is -0.456 e. The number of halogens is 1. The molecule has 0 amide bonds. The number of benzene rings is 2. The predicted molar refractivity (Wildman–Crippen MR) is 67.3 cm³/mol. The zero-order chi connectivity index (χ0) is 11.4. The molecule has 1 nitrogen and oxygen atoms in total. The van der Waals surface area contributed by atoms with Crippen molar-refractivity contribution in [3.05, 3.63) is 59.1 Å². The highest BCUT2D eigenvalue weighted by molar-refractivity contribution is 6.32. The molecule has 0 aromatic heterocycles. The summed E-state index contributed by atoms with van der Waals surface area (Å²) < 4.78 is 5.72. The zero-order valence-electron chi connectivity index (χ0n) is 9.11. The second kappa shape index (κ2) is 5.04. The van der Waals surface area contributed by atoms with Gasteiger partial charge in [0.1, 0.15) is 11.5 Å². The van der Waals surface area contributed by atoms with E-state index in [1.165, 1.54) is 5.56 Å². The fourth-order valence-electron chi connectivity index (χ4n) is 1.48. The Balaban J connectivity index is 2.24. The Morgan fingerprint density at radius 3 is 2.62 bits per heavy atom. The lowest BCUT2D eigenvalue weighted by Gasteiger charge is -2.08. The van der Waals surface area contributed by atoms with Crippen molar-refractivity contribution in [1.29, 1.82) is 0 Å². The molecule has 82 valence electrons. The summed E-state index contributed by atoms with van der Waals surface area (Å²) in [6.07, 6.45) is 1.000. The maximum atomic E-state index is 6.02. The van der Waals surface area contributed by atoms with Crippen molar-refractivity contribution in [1.82, 2.24) is 0 Å². The van der Waals surface area contributed by atoms with Crippen LogP contribution < -0.4 is 4.74 Å². The molecule has 2 aromatic rings. The summed E-state index contributed by atoms with van der Waals surface area (Å²) in [7, 11) is 0. The Morgan fingerprint density at radius 1 is 1.06 bits per heavy atom. The van der Waals surface area contributed by atoms with Crippen molar-refractivity contribution in [2.75, 3.05) is 0 Å². The fourth-order valence-corrected chi connectivity index (χ4v) is 1.66. The normalized spacial score (nSPS) is 10.1. The fraction of sp³-hybridized carbons (Fsp3) is 0.143. The van der Waals surface area contributed by atoms with Crippen LogP contribution in [0.1, 0.15) is 12.5 Å². The average Bonchev–Trinajstić information content (AvgIpc) is 2.32. The second-order valence-corrected chi connectivity index (χ2v) is 3.94. The number of rotatable bonds is 3. The number of hydrogen-bond acceptors (Lipinski definition) is 1. The molecule has 0 spiro atoms. The molecule has 0 saturated heterocycles. The monoisotopic (exact) mass is 232 g/mol. The first-order chi connectivity index (χ1) is 7.79. The molecule has 0 aliphatic carbocycles. The van der Waals surface area contributed by atoms with Crippen LogP contribution in [-0.2, 0) is 6.42 Å². The van der Waals surface area contributed by atoms with E-state index in [1.54, 1.807) is 0 Å². The van der Waals surface area contributed by atoms with Gasteiger partial charge in [0.15, 0.2) is 0 Å². The molecule has 2 heteroatoms. The molecule has 16 heavy (non-hydrogen) atoms. The van der Waals surface area contributed by atoms with Gasteiger partial charge >= 0.3 is 0 Å². The SMILES string of the molecule is CCc1cccc(Oc2ccccc2Cl)c1. The summed E-state index contributed by atoms with van der Waals surface area (Å²) in [5.74, 6) is 1.52. The van der Waals surface area contributed by atoms with Crippen LogP contribution in [0.3, 0.4) is 0 Å². The van der Waals surface area contributed by atoms with Crippen LogP contribution in [0.4, 0.5) is 0 Å². The van der Waals surface area contributed by atoms with E-state index in [0.717, 1.165) is 12.2 Å². The molecule has 0 N–H and O–H groups in total. The minimum atomic E-state index is 0.629. The highest BCUT2D eigenvalue weighted by Gasteiger charge is 2.01. The molecule has 2 rings (SSSR count). The topological polar surface area (TPSA) is 9.23 Å². The van der Waals surface area contributed by atoms with E-state index < -0.39 is 0 Å². The highest BCUT2D eigenvalue weighted by atomic mass is 35.5. The minimum absolute atomic E-state index is 0.629. The summed E-state index contributed by atoms with van der Waals surface area (Å²) in [6.45, 7) is 2.12. The largest absolute Gasteiger partial charge is 0.456 e. The van der Waals surface area contributed by atoms with E-state index in [9.17, 15) is 0 Å². The van der Waals surface area contributed by atoms with Gasteiger partial charge < -0.3 is 4.74 Å². The Morgan fingerprint density at radius 2 is 1.88 bits per heavy atom. The summed E-state index contributed by atoms with van der Waals surface area (Å²) in [5.41, 5.74) is 1.25. The van der Waals surface area contributed by atoms with Gasteiger partial charge in [-0.15, -0.1) is 0 Å². The van der Waals surface area contributed by atoms with Crippen molar-refractivity contribution < 1.29 is 4.74 Å². The third-order valence-electron chi connectivity index (χ3n) is 2.37. The first-order valence-electron chi connectivity index (χ1n) is 5.31. The number of ether oxygens (including phenoxy) is 1. The summed E-state index contributed by atoms with van der Waals surface area (Å²) in [6, 6.07) is 15.5. The first kappa shape index (κ1) is 11.0. The van der Waals surface area contributed by atoms with Gasteiger partial charge in [-0.3, -0.25) is 0 Å². The van der Waals surface area contributed by atoms with E-state index in [2.05, 4.69) is 13.0 Å². The Labute approximate surface area is 101 Å². The molecule has 0 unspecified atom stereocenters. The van der Waals surface area contributed by atoms with Crippen molar-refractivity contribution in [2.24, 2.45) is 0 Å². The van der Waals surface area contributed by atoms with Crippen molar-refractivity contribution in [3.63, 3.8) is 0 Å². The van der Waals surface area contributed by atoms with Crippen LogP contribution in [0.15, 0.2) is 48.5 Å². The van der Waals surface area contributed by atoms with Crippen LogP contribution in [-0.4, -0.2) is 0 Å². The van der Waals surface area contributed by atoms with E-state index in [4.69, 9.17) is 16.3 Å². The maximum absolute atomic E-state index is 6.02. The van der Waals surface area contributed by atoms with Gasteiger partial charge in [-0.2, -0.15) is 0 Å². The van der Waals surface area contributed by atoms with Gasteiger partial charge in [0, 0.05) is 0 Å². The molecule has 0 saturated carbocycles. The smallest absolute Gasteiger partial charge is 0.146 e. The third kappa shape index (κ3) is 2.56. The van der Waals surface area contributed by atoms with Crippen LogP contribution in [0.25, 0.3) is 0 Å². The third-order valence-corrected chi connectivity index (χ3v) is 2.68. The zero-order valence-corrected chi connectivity index (χ0v) is 9.87. The van der Waals surface area contributed by atoms with E-state index in [0.29, 0.717) is 10.8 Å². The molecule has 0 heterocycles. The quantitative estimate of drug-likeness (QED) is 0.746. The first-order valence-corrected chi connectivity index (χ1v) is 5.68. The van der Waals surface area contributed by atoms with Crippen LogP contribution in [0.2, 0.25) is 5.02 Å². The van der Waals surface area contributed by atoms with E-state index in [1.807, 2.05) is 42.5 Å². The van der Waals surface area contributed by atoms with Gasteiger partial charge in [0.25, 0.3) is 0 Å². The molecule has 0 fully saturated rings. The van der Waals surface area contributed by atoms with Crippen LogP contribution >= 0.6 is 11.6 Å². The standard InChI is InChI=1S/C14H13ClO/c1-2-11-6-5-7-12(10-11)16-14-9-4-3-8-13(14)15/h3-10H,2H2,1H3. The van der Waals surface area contributed by atoms with Gasteiger partial charge in [0.05, 0.1) is 5.02 Å². The summed E-state index contributed by atoms with van der Waals surface area (Å²) in [5, 5.41) is 0.629. The van der Waals surface area contributed by atoms with Gasteiger partial charge in [0.2, 0.25) is 0 Å². The maximum Gasteiger partial charge on any atom is 0.146 e.